The van der Waals surface area contributed by atoms with Crippen molar-refractivity contribution in [2.24, 2.45) is 0 Å². The van der Waals surface area contributed by atoms with Gasteiger partial charge in [0.1, 0.15) is 5.70 Å². The average Bonchev–Trinajstić information content (AvgIpc) is 2.83. The average molecular weight is 344 g/mol. The Labute approximate surface area is 141 Å². The number of rotatable bonds is 3. The molecule has 24 heavy (non-hydrogen) atoms. The zero-order chi connectivity index (χ0) is 17.3. The normalized spacial score (nSPS) is 15.7. The van der Waals surface area contributed by atoms with E-state index in [0.717, 1.165) is 4.90 Å². The fourth-order valence-corrected chi connectivity index (χ4v) is 2.47. The molecule has 3 rings (SSSR count). The van der Waals surface area contributed by atoms with E-state index in [4.69, 9.17) is 11.6 Å². The van der Waals surface area contributed by atoms with Gasteiger partial charge in [-0.05, 0) is 35.9 Å². The van der Waals surface area contributed by atoms with E-state index in [1.807, 2.05) is 0 Å². The number of imide groups is 1. The summed E-state index contributed by atoms with van der Waals surface area (Å²) in [6, 6.07) is 11.5. The zero-order valence-corrected chi connectivity index (χ0v) is 12.9. The highest BCUT2D eigenvalue weighted by atomic mass is 35.5. The number of halogens is 1. The van der Waals surface area contributed by atoms with Gasteiger partial charge in [0.15, 0.2) is 0 Å². The minimum atomic E-state index is -0.610. The van der Waals surface area contributed by atoms with Crippen LogP contribution < -0.4 is 10.2 Å². The van der Waals surface area contributed by atoms with Crippen LogP contribution in [0.4, 0.5) is 16.2 Å². The number of nitrogens with one attached hydrogen (secondary N) is 1. The lowest BCUT2D eigenvalue weighted by Gasteiger charge is -2.13. The van der Waals surface area contributed by atoms with E-state index < -0.39 is 16.9 Å². The first kappa shape index (κ1) is 15.7. The lowest BCUT2D eigenvalue weighted by Crippen LogP contribution is -2.30. The molecule has 0 spiro atoms. The first-order valence-corrected chi connectivity index (χ1v) is 7.21. The van der Waals surface area contributed by atoms with Crippen LogP contribution in [-0.2, 0) is 4.79 Å². The number of para-hydroxylation sites is 1. The van der Waals surface area contributed by atoms with Gasteiger partial charge < -0.3 is 5.32 Å². The van der Waals surface area contributed by atoms with Crippen molar-refractivity contribution in [1.82, 2.24) is 5.32 Å². The molecule has 1 heterocycles. The zero-order valence-electron chi connectivity index (χ0n) is 12.1. The summed E-state index contributed by atoms with van der Waals surface area (Å²) in [4.78, 5) is 35.6. The molecule has 0 unspecified atom stereocenters. The minimum Gasteiger partial charge on any atom is -0.302 e. The molecule has 1 saturated heterocycles. The molecular weight excluding hydrogens is 334 g/mol. The summed E-state index contributed by atoms with van der Waals surface area (Å²) in [7, 11) is 0. The van der Waals surface area contributed by atoms with Crippen LogP contribution >= 0.6 is 11.6 Å². The van der Waals surface area contributed by atoms with Crippen molar-refractivity contribution in [3.8, 4) is 0 Å². The Morgan fingerprint density at radius 3 is 2.38 bits per heavy atom. The van der Waals surface area contributed by atoms with Gasteiger partial charge >= 0.3 is 6.03 Å². The number of urea groups is 1. The maximum Gasteiger partial charge on any atom is 0.333 e. The predicted molar refractivity (Wildman–Crippen MR) is 88.5 cm³/mol. The van der Waals surface area contributed by atoms with Gasteiger partial charge in [0.05, 0.1) is 15.6 Å². The minimum absolute atomic E-state index is 0.0587. The van der Waals surface area contributed by atoms with Crippen molar-refractivity contribution in [3.63, 3.8) is 0 Å². The van der Waals surface area contributed by atoms with Gasteiger partial charge in [0.2, 0.25) is 0 Å². The maximum atomic E-state index is 12.5. The number of hydrogen-bond acceptors (Lipinski definition) is 4. The first-order valence-electron chi connectivity index (χ1n) is 6.83. The SMILES string of the molecule is O=C1N/C(=C/c2ccc([N+](=O)[O-])cc2)C(=O)N1c1ccccc1Cl. The van der Waals surface area contributed by atoms with E-state index in [9.17, 15) is 19.7 Å². The van der Waals surface area contributed by atoms with Crippen LogP contribution in [0.1, 0.15) is 5.56 Å². The third kappa shape index (κ3) is 2.84. The second-order valence-corrected chi connectivity index (χ2v) is 5.34. The smallest absolute Gasteiger partial charge is 0.302 e. The van der Waals surface area contributed by atoms with Crippen molar-refractivity contribution in [2.45, 2.75) is 0 Å². The molecule has 120 valence electrons. The number of anilines is 1. The highest BCUT2D eigenvalue weighted by Gasteiger charge is 2.35. The van der Waals surface area contributed by atoms with Gasteiger partial charge in [0.25, 0.3) is 11.6 Å². The fraction of sp³-hybridized carbons (Fsp3) is 0. The molecule has 0 radical (unpaired) electrons. The topological polar surface area (TPSA) is 92.5 Å². The lowest BCUT2D eigenvalue weighted by molar-refractivity contribution is -0.384. The summed E-state index contributed by atoms with van der Waals surface area (Å²) < 4.78 is 0. The van der Waals surface area contributed by atoms with Crippen LogP contribution in [0.15, 0.2) is 54.2 Å². The number of carbonyl (C=O) groups excluding carboxylic acids is 2. The Balaban J connectivity index is 1.91. The molecule has 3 amide bonds. The van der Waals surface area contributed by atoms with Crippen molar-refractivity contribution in [1.29, 1.82) is 0 Å². The first-order chi connectivity index (χ1) is 11.5. The lowest BCUT2D eigenvalue weighted by atomic mass is 10.1. The van der Waals surface area contributed by atoms with Gasteiger partial charge in [0, 0.05) is 12.1 Å². The summed E-state index contributed by atoms with van der Waals surface area (Å²) >= 11 is 6.03. The Morgan fingerprint density at radius 2 is 1.75 bits per heavy atom. The quantitative estimate of drug-likeness (QED) is 0.400. The number of amides is 3. The van der Waals surface area contributed by atoms with Gasteiger partial charge in [-0.15, -0.1) is 0 Å². The standard InChI is InChI=1S/C16H10ClN3O4/c17-12-3-1-2-4-14(12)19-15(21)13(18-16(19)22)9-10-5-7-11(8-6-10)20(23)24/h1-9H,(H,18,22)/b13-9+. The summed E-state index contributed by atoms with van der Waals surface area (Å²) in [5, 5.41) is 13.4. The number of nitro benzene ring substituents is 1. The van der Waals surface area contributed by atoms with E-state index in [2.05, 4.69) is 5.32 Å². The van der Waals surface area contributed by atoms with Crippen LogP contribution in [0.3, 0.4) is 0 Å². The number of non-ortho nitro benzene ring substituents is 1. The number of nitro groups is 1. The molecule has 2 aromatic rings. The maximum absolute atomic E-state index is 12.5. The molecule has 2 aromatic carbocycles. The van der Waals surface area contributed by atoms with Gasteiger partial charge in [-0.1, -0.05) is 23.7 Å². The van der Waals surface area contributed by atoms with Crippen molar-refractivity contribution >= 4 is 41.0 Å². The molecule has 0 bridgehead atoms. The largest absolute Gasteiger partial charge is 0.333 e. The third-order valence-corrected chi connectivity index (χ3v) is 3.71. The van der Waals surface area contributed by atoms with Crippen molar-refractivity contribution in [2.75, 3.05) is 4.90 Å². The number of carbonyl (C=O) groups is 2. The Hall–Kier alpha value is -3.19. The predicted octanol–water partition coefficient (Wildman–Crippen LogP) is 3.35. The third-order valence-electron chi connectivity index (χ3n) is 3.39. The molecule has 1 fully saturated rings. The fourth-order valence-electron chi connectivity index (χ4n) is 2.25. The molecule has 1 aliphatic rings. The van der Waals surface area contributed by atoms with E-state index in [0.29, 0.717) is 5.56 Å². The molecule has 8 heteroatoms. The molecule has 1 aliphatic heterocycles. The molecule has 0 atom stereocenters. The molecule has 7 nitrogen and oxygen atoms in total. The molecule has 0 aromatic heterocycles. The summed E-state index contributed by atoms with van der Waals surface area (Å²) in [5.41, 5.74) is 0.837. The van der Waals surface area contributed by atoms with E-state index >= 15 is 0 Å². The second-order valence-electron chi connectivity index (χ2n) is 4.93. The van der Waals surface area contributed by atoms with Gasteiger partial charge in [-0.3, -0.25) is 14.9 Å². The van der Waals surface area contributed by atoms with Crippen LogP contribution in [0, 0.1) is 10.1 Å². The van der Waals surface area contributed by atoms with Crippen LogP contribution in [0.2, 0.25) is 5.02 Å². The van der Waals surface area contributed by atoms with Gasteiger partial charge in [-0.2, -0.15) is 0 Å². The molecule has 1 N–H and O–H groups in total. The molecular formula is C16H10ClN3O4. The second kappa shape index (κ2) is 6.13. The monoisotopic (exact) mass is 343 g/mol. The highest BCUT2D eigenvalue weighted by molar-refractivity contribution is 6.37. The summed E-state index contributed by atoms with van der Waals surface area (Å²) in [6.07, 6.45) is 1.45. The molecule has 0 aliphatic carbocycles. The van der Waals surface area contributed by atoms with Crippen LogP contribution in [0.5, 0.6) is 0 Å². The van der Waals surface area contributed by atoms with Crippen LogP contribution in [0.25, 0.3) is 6.08 Å². The van der Waals surface area contributed by atoms with Crippen molar-refractivity contribution < 1.29 is 14.5 Å². The molecule has 0 saturated carbocycles. The van der Waals surface area contributed by atoms with E-state index in [1.165, 1.54) is 30.3 Å². The number of hydrogen-bond donors (Lipinski definition) is 1. The number of nitrogens with zero attached hydrogens (tertiary/aromatic N) is 2. The van der Waals surface area contributed by atoms with E-state index in [1.54, 1.807) is 24.3 Å². The highest BCUT2D eigenvalue weighted by Crippen LogP contribution is 2.29. The number of benzene rings is 2. The van der Waals surface area contributed by atoms with E-state index in [-0.39, 0.29) is 22.1 Å². The van der Waals surface area contributed by atoms with Gasteiger partial charge in [-0.25, -0.2) is 9.69 Å². The Kier molecular flexibility index (Phi) is 4.01. The summed E-state index contributed by atoms with van der Waals surface area (Å²) in [5.74, 6) is -0.550. The van der Waals surface area contributed by atoms with Crippen molar-refractivity contribution in [3.05, 3.63) is 74.9 Å². The Morgan fingerprint density at radius 1 is 1.08 bits per heavy atom. The Bertz CT molecular complexity index is 877. The summed E-state index contributed by atoms with van der Waals surface area (Å²) in [6.45, 7) is 0. The van der Waals surface area contributed by atoms with Crippen LogP contribution in [-0.4, -0.2) is 16.9 Å².